The van der Waals surface area contributed by atoms with Crippen LogP contribution >= 0.6 is 0 Å². The highest BCUT2D eigenvalue weighted by molar-refractivity contribution is 5.98. The van der Waals surface area contributed by atoms with Crippen LogP contribution in [0.25, 0.3) is 21.9 Å². The molecule has 2 aliphatic heterocycles. The molecule has 3 heterocycles. The first kappa shape index (κ1) is 21.6. The van der Waals surface area contributed by atoms with Gasteiger partial charge in [-0.05, 0) is 59.3 Å². The zero-order valence-electron chi connectivity index (χ0n) is 20.1. The summed E-state index contributed by atoms with van der Waals surface area (Å²) in [6.45, 7) is 0. The molecule has 0 unspecified atom stereocenters. The lowest BCUT2D eigenvalue weighted by atomic mass is 9.77. The number of benzene rings is 5. The van der Waals surface area contributed by atoms with Crippen molar-refractivity contribution in [2.75, 3.05) is 5.32 Å². The van der Waals surface area contributed by atoms with Crippen molar-refractivity contribution in [2.45, 2.75) is 5.60 Å². The number of anilines is 2. The number of fused-ring (bicyclic) bond motifs is 8. The molecule has 1 spiro atoms. The number of carbonyl (C=O) groups is 1. The van der Waals surface area contributed by atoms with Crippen LogP contribution in [0.5, 0.6) is 23.0 Å². The van der Waals surface area contributed by atoms with Gasteiger partial charge in [0.25, 0.3) is 6.01 Å². The van der Waals surface area contributed by atoms with Gasteiger partial charge in [-0.25, -0.2) is 4.79 Å². The van der Waals surface area contributed by atoms with E-state index in [2.05, 4.69) is 10.3 Å². The molecule has 188 valence electrons. The second-order valence-corrected chi connectivity index (χ2v) is 9.61. The van der Waals surface area contributed by atoms with Gasteiger partial charge in [-0.2, -0.15) is 4.98 Å². The van der Waals surface area contributed by atoms with Crippen molar-refractivity contribution in [1.29, 1.82) is 0 Å². The normalized spacial score (nSPS) is 14.5. The van der Waals surface area contributed by atoms with E-state index in [1.807, 2.05) is 48.5 Å². The summed E-state index contributed by atoms with van der Waals surface area (Å²) >= 11 is 0. The zero-order chi connectivity index (χ0) is 26.3. The number of rotatable bonds is 2. The number of esters is 1. The minimum absolute atomic E-state index is 0.00262. The number of nitrogens with zero attached hydrogens (tertiary/aromatic N) is 1. The lowest BCUT2D eigenvalue weighted by molar-refractivity contribution is 0.0224. The SMILES string of the molecule is O=C1OC2(c3ccc(O)cc3Oc3cc(O)ccc32)c2ccc(Nc3nc4cc5ccccc5cc4o3)cc21. The number of phenols is 2. The van der Waals surface area contributed by atoms with Gasteiger partial charge < -0.3 is 29.4 Å². The van der Waals surface area contributed by atoms with Crippen molar-refractivity contribution >= 4 is 39.5 Å². The second-order valence-electron chi connectivity index (χ2n) is 9.61. The van der Waals surface area contributed by atoms with Crippen LogP contribution in [0.1, 0.15) is 27.0 Å². The molecular weight excluding hydrogens is 496 g/mol. The van der Waals surface area contributed by atoms with E-state index in [0.29, 0.717) is 51.0 Å². The number of carbonyl (C=O) groups excluding carboxylic acids is 1. The highest BCUT2D eigenvalue weighted by Gasteiger charge is 2.53. The van der Waals surface area contributed by atoms with Gasteiger partial charge in [0.05, 0.1) is 5.56 Å². The molecule has 8 nitrogen and oxygen atoms in total. The fraction of sp³-hybridized carbons (Fsp3) is 0.0323. The molecule has 8 rings (SSSR count). The van der Waals surface area contributed by atoms with Crippen molar-refractivity contribution in [3.05, 3.63) is 113 Å². The highest BCUT2D eigenvalue weighted by Crippen LogP contribution is 2.57. The molecule has 0 saturated heterocycles. The summed E-state index contributed by atoms with van der Waals surface area (Å²) in [6, 6.07) is 26.9. The van der Waals surface area contributed by atoms with Gasteiger partial charge in [0.2, 0.25) is 0 Å². The number of hydrogen-bond donors (Lipinski definition) is 3. The molecule has 1 aromatic heterocycles. The van der Waals surface area contributed by atoms with Gasteiger partial charge in [-0.1, -0.05) is 30.3 Å². The number of aromatic hydroxyl groups is 2. The van der Waals surface area contributed by atoms with Crippen LogP contribution in [0.4, 0.5) is 11.7 Å². The van der Waals surface area contributed by atoms with Gasteiger partial charge in [-0.3, -0.25) is 0 Å². The first-order chi connectivity index (χ1) is 19.0. The van der Waals surface area contributed by atoms with Gasteiger partial charge in [0, 0.05) is 34.5 Å². The Morgan fingerprint density at radius 1 is 0.744 bits per heavy atom. The summed E-state index contributed by atoms with van der Waals surface area (Å²) in [6.07, 6.45) is 0. The third-order valence-electron chi connectivity index (χ3n) is 7.28. The molecule has 39 heavy (non-hydrogen) atoms. The molecule has 5 aromatic carbocycles. The van der Waals surface area contributed by atoms with Gasteiger partial charge in [0.15, 0.2) is 11.2 Å². The van der Waals surface area contributed by atoms with E-state index in [0.717, 1.165) is 16.3 Å². The first-order valence-corrected chi connectivity index (χ1v) is 12.3. The van der Waals surface area contributed by atoms with E-state index < -0.39 is 11.6 Å². The average Bonchev–Trinajstić information content (AvgIpc) is 3.44. The molecule has 8 heteroatoms. The van der Waals surface area contributed by atoms with E-state index in [9.17, 15) is 15.0 Å². The topological polar surface area (TPSA) is 114 Å². The van der Waals surface area contributed by atoms with E-state index >= 15 is 0 Å². The number of phenolic OH excluding ortho intramolecular Hbond substituents is 2. The Kier molecular flexibility index (Phi) is 4.16. The van der Waals surface area contributed by atoms with Crippen molar-refractivity contribution in [3.8, 4) is 23.0 Å². The average molecular weight is 514 g/mol. The van der Waals surface area contributed by atoms with Crippen LogP contribution in [0.3, 0.4) is 0 Å². The van der Waals surface area contributed by atoms with Gasteiger partial charge >= 0.3 is 5.97 Å². The highest BCUT2D eigenvalue weighted by atomic mass is 16.6. The summed E-state index contributed by atoms with van der Waals surface area (Å²) in [4.78, 5) is 17.9. The molecule has 0 saturated carbocycles. The lowest BCUT2D eigenvalue weighted by Gasteiger charge is -2.36. The first-order valence-electron chi connectivity index (χ1n) is 12.3. The Bertz CT molecular complexity index is 1910. The minimum atomic E-state index is -1.31. The maximum absolute atomic E-state index is 13.3. The van der Waals surface area contributed by atoms with E-state index in [-0.39, 0.29) is 11.5 Å². The maximum Gasteiger partial charge on any atom is 0.340 e. The van der Waals surface area contributed by atoms with Crippen LogP contribution in [-0.4, -0.2) is 21.2 Å². The molecular formula is C31H18N2O6. The standard InChI is InChI=1S/C31H18N2O6/c34-19-6-9-23-26(14-19)37-27-15-20(35)7-10-24(27)31(23)22-8-5-18(13-21(22)29(36)39-31)32-30-33-25-11-16-3-1-2-4-17(16)12-28(25)38-30/h1-15,34-35H,(H,32,33). The predicted octanol–water partition coefficient (Wildman–Crippen LogP) is 6.70. The third-order valence-corrected chi connectivity index (χ3v) is 7.28. The summed E-state index contributed by atoms with van der Waals surface area (Å²) in [5.74, 6) is 0.146. The van der Waals surface area contributed by atoms with Crippen molar-refractivity contribution in [2.24, 2.45) is 0 Å². The summed E-state index contributed by atoms with van der Waals surface area (Å²) in [5, 5.41) is 25.5. The summed E-state index contributed by atoms with van der Waals surface area (Å²) < 4.78 is 18.1. The maximum atomic E-state index is 13.3. The van der Waals surface area contributed by atoms with Gasteiger partial charge in [0.1, 0.15) is 28.5 Å². The smallest absolute Gasteiger partial charge is 0.340 e. The van der Waals surface area contributed by atoms with E-state index in [4.69, 9.17) is 13.9 Å². The molecule has 0 amide bonds. The van der Waals surface area contributed by atoms with E-state index in [1.165, 1.54) is 24.3 Å². The molecule has 2 aliphatic rings. The molecule has 3 N–H and O–H groups in total. The Hall–Kier alpha value is -5.50. The van der Waals surface area contributed by atoms with Crippen LogP contribution in [0.2, 0.25) is 0 Å². The Labute approximate surface area is 220 Å². The van der Waals surface area contributed by atoms with Crippen LogP contribution < -0.4 is 10.1 Å². The quantitative estimate of drug-likeness (QED) is 0.219. The van der Waals surface area contributed by atoms with Crippen molar-refractivity contribution < 1.29 is 28.9 Å². The number of nitrogens with one attached hydrogen (secondary N) is 1. The predicted molar refractivity (Wildman–Crippen MR) is 143 cm³/mol. The lowest BCUT2D eigenvalue weighted by Crippen LogP contribution is -2.32. The molecule has 0 atom stereocenters. The van der Waals surface area contributed by atoms with Crippen LogP contribution in [0, 0.1) is 0 Å². The summed E-state index contributed by atoms with van der Waals surface area (Å²) in [5.41, 5.74) is 2.77. The van der Waals surface area contributed by atoms with Crippen LogP contribution in [0.15, 0.2) is 95.4 Å². The number of hydrogen-bond acceptors (Lipinski definition) is 8. The number of oxazole rings is 1. The van der Waals surface area contributed by atoms with Crippen LogP contribution in [-0.2, 0) is 10.3 Å². The Balaban J connectivity index is 1.24. The monoisotopic (exact) mass is 514 g/mol. The zero-order valence-corrected chi connectivity index (χ0v) is 20.1. The number of aromatic nitrogens is 1. The van der Waals surface area contributed by atoms with Crippen molar-refractivity contribution in [1.82, 2.24) is 4.98 Å². The molecule has 6 aromatic rings. The van der Waals surface area contributed by atoms with Crippen molar-refractivity contribution in [3.63, 3.8) is 0 Å². The molecule has 0 bridgehead atoms. The number of ether oxygens (including phenoxy) is 2. The largest absolute Gasteiger partial charge is 0.508 e. The molecule has 0 fully saturated rings. The fourth-order valence-electron chi connectivity index (χ4n) is 5.57. The molecule has 0 radical (unpaired) electrons. The minimum Gasteiger partial charge on any atom is -0.508 e. The second kappa shape index (κ2) is 7.52. The van der Waals surface area contributed by atoms with E-state index in [1.54, 1.807) is 18.2 Å². The fourth-order valence-corrected chi connectivity index (χ4v) is 5.57. The third kappa shape index (κ3) is 3.05. The Morgan fingerprint density at radius 2 is 1.41 bits per heavy atom. The summed E-state index contributed by atoms with van der Waals surface area (Å²) in [7, 11) is 0. The van der Waals surface area contributed by atoms with Gasteiger partial charge in [-0.15, -0.1) is 0 Å². The Morgan fingerprint density at radius 3 is 2.13 bits per heavy atom. The molecule has 0 aliphatic carbocycles.